The number of aromatic nitrogens is 1. The van der Waals surface area contributed by atoms with Crippen LogP contribution in [0.3, 0.4) is 0 Å². The van der Waals surface area contributed by atoms with E-state index in [-0.39, 0.29) is 5.69 Å². The molecular formula is C16H8F6N2O3S. The molecule has 0 radical (unpaired) electrons. The first-order valence-corrected chi connectivity index (χ1v) is 8.98. The quantitative estimate of drug-likeness (QED) is 0.694. The molecule has 1 aliphatic rings. The van der Waals surface area contributed by atoms with Crippen molar-refractivity contribution in [3.05, 3.63) is 47.0 Å². The molecule has 148 valence electrons. The molecule has 0 N–H and O–H groups in total. The summed E-state index contributed by atoms with van der Waals surface area (Å²) < 4.78 is 105. The minimum atomic E-state index is -6.13. The molecule has 0 spiro atoms. The van der Waals surface area contributed by atoms with Crippen LogP contribution in [0.5, 0.6) is 0 Å². The van der Waals surface area contributed by atoms with Crippen molar-refractivity contribution in [2.24, 2.45) is 0 Å². The fourth-order valence-electron chi connectivity index (χ4n) is 2.89. The highest BCUT2D eigenvalue weighted by atomic mass is 32.2. The molecule has 5 nitrogen and oxygen atoms in total. The molecule has 0 saturated heterocycles. The van der Waals surface area contributed by atoms with Gasteiger partial charge in [-0.15, -0.1) is 0 Å². The minimum absolute atomic E-state index is 0.157. The van der Waals surface area contributed by atoms with Gasteiger partial charge < -0.3 is 4.57 Å². The third-order valence-corrected chi connectivity index (χ3v) is 5.75. The van der Waals surface area contributed by atoms with Gasteiger partial charge in [-0.05, 0) is 24.6 Å². The summed E-state index contributed by atoms with van der Waals surface area (Å²) in [6, 6.07) is 4.21. The highest BCUT2D eigenvalue weighted by Gasteiger charge is 2.54. The largest absolute Gasteiger partial charge is 0.501 e. The predicted octanol–water partition coefficient (Wildman–Crippen LogP) is 3.55. The Bertz CT molecular complexity index is 1140. The van der Waals surface area contributed by atoms with Gasteiger partial charge in [-0.2, -0.15) is 27.2 Å². The summed E-state index contributed by atoms with van der Waals surface area (Å²) >= 11 is 0. The number of nitriles is 1. The molecular weight excluding hydrogens is 414 g/mol. The number of sulfone groups is 1. The summed E-state index contributed by atoms with van der Waals surface area (Å²) in [5, 5.41) is 8.88. The summed E-state index contributed by atoms with van der Waals surface area (Å²) in [4.78, 5) is 10.4. The average Bonchev–Trinajstić information content (AvgIpc) is 2.98. The number of carbonyl (C=O) groups is 1. The van der Waals surface area contributed by atoms with Crippen molar-refractivity contribution in [1.29, 1.82) is 5.26 Å². The average molecular weight is 422 g/mol. The molecule has 2 aromatic rings. The summed E-state index contributed by atoms with van der Waals surface area (Å²) in [5.74, 6) is -7.02. The maximum Gasteiger partial charge on any atom is 0.501 e. The van der Waals surface area contributed by atoms with Crippen molar-refractivity contribution >= 4 is 15.6 Å². The van der Waals surface area contributed by atoms with Crippen molar-refractivity contribution in [2.75, 3.05) is 0 Å². The number of nitrogens with zero attached hydrogens (tertiary/aromatic N) is 2. The minimum Gasteiger partial charge on any atom is -0.319 e. The third kappa shape index (κ3) is 2.86. The molecule has 1 aromatic heterocycles. The molecule has 0 bridgehead atoms. The molecule has 1 aromatic carbocycles. The van der Waals surface area contributed by atoms with E-state index >= 15 is 0 Å². The number of fused-ring (bicyclic) bond motifs is 1. The lowest BCUT2D eigenvalue weighted by Crippen LogP contribution is -2.36. The van der Waals surface area contributed by atoms with E-state index in [0.717, 1.165) is 22.8 Å². The van der Waals surface area contributed by atoms with Gasteiger partial charge in [-0.25, -0.2) is 12.8 Å². The van der Waals surface area contributed by atoms with Crippen molar-refractivity contribution in [2.45, 2.75) is 29.2 Å². The number of alkyl halides is 5. The second-order valence-corrected chi connectivity index (χ2v) is 7.85. The van der Waals surface area contributed by atoms with Crippen LogP contribution in [0.2, 0.25) is 0 Å². The second kappa shape index (κ2) is 6.10. The molecule has 28 heavy (non-hydrogen) atoms. The zero-order valence-electron chi connectivity index (χ0n) is 13.5. The molecule has 12 heteroatoms. The van der Waals surface area contributed by atoms with Crippen LogP contribution < -0.4 is 0 Å². The van der Waals surface area contributed by atoms with Gasteiger partial charge in [0.1, 0.15) is 16.8 Å². The van der Waals surface area contributed by atoms with E-state index in [9.17, 15) is 39.6 Å². The van der Waals surface area contributed by atoms with Crippen LogP contribution in [0, 0.1) is 17.1 Å². The number of hydrogen-bond donors (Lipinski definition) is 0. The molecule has 0 unspecified atom stereocenters. The molecule has 0 atom stereocenters. The van der Waals surface area contributed by atoms with Crippen LogP contribution in [0.1, 0.15) is 28.0 Å². The standard InChI is InChI=1S/C16H8F6N2O3S/c17-10-2-1-9(5-8(10)6-23)24-7-12(28(26,27)16(20,21)22)13-11(24)3-4-15(18,19)14(13)25/h1-2,5,7H,3-4H2. The zero-order valence-corrected chi connectivity index (χ0v) is 14.3. The van der Waals surface area contributed by atoms with Gasteiger partial charge >= 0.3 is 11.4 Å². The van der Waals surface area contributed by atoms with Gasteiger partial charge in [-0.3, -0.25) is 4.79 Å². The van der Waals surface area contributed by atoms with Crippen LogP contribution in [0.25, 0.3) is 5.69 Å². The smallest absolute Gasteiger partial charge is 0.319 e. The highest BCUT2D eigenvalue weighted by Crippen LogP contribution is 2.42. The number of benzene rings is 1. The number of hydrogen-bond acceptors (Lipinski definition) is 4. The van der Waals surface area contributed by atoms with Gasteiger partial charge in [0.05, 0.1) is 11.1 Å². The van der Waals surface area contributed by atoms with Crippen LogP contribution in [0.15, 0.2) is 29.3 Å². The molecule has 0 aliphatic heterocycles. The summed E-state index contributed by atoms with van der Waals surface area (Å²) in [7, 11) is -6.13. The molecule has 0 fully saturated rings. The number of halogens is 6. The van der Waals surface area contributed by atoms with E-state index in [4.69, 9.17) is 5.26 Å². The van der Waals surface area contributed by atoms with E-state index in [1.807, 2.05) is 0 Å². The summed E-state index contributed by atoms with van der Waals surface area (Å²) in [6.07, 6.45) is -1.26. The van der Waals surface area contributed by atoms with E-state index in [1.54, 1.807) is 0 Å². The van der Waals surface area contributed by atoms with Gasteiger partial charge in [0, 0.05) is 24.0 Å². The van der Waals surface area contributed by atoms with Crippen molar-refractivity contribution < 1.29 is 39.6 Å². The Kier molecular flexibility index (Phi) is 4.34. The normalized spacial score (nSPS) is 16.5. The Labute approximate surface area is 153 Å². The third-order valence-electron chi connectivity index (χ3n) is 4.25. The van der Waals surface area contributed by atoms with E-state index in [1.165, 1.54) is 6.07 Å². The van der Waals surface area contributed by atoms with Crippen LogP contribution in [-0.4, -0.2) is 30.2 Å². The second-order valence-electron chi connectivity index (χ2n) is 5.94. The van der Waals surface area contributed by atoms with Gasteiger partial charge in [0.15, 0.2) is 0 Å². The van der Waals surface area contributed by atoms with E-state index < -0.39 is 67.4 Å². The molecule has 1 aliphatic carbocycles. The fraction of sp³-hybridized carbons (Fsp3) is 0.250. The summed E-state index contributed by atoms with van der Waals surface area (Å²) in [5.41, 5.74) is -8.14. The zero-order chi connectivity index (χ0) is 21.1. The van der Waals surface area contributed by atoms with Gasteiger partial charge in [0.25, 0.3) is 9.84 Å². The Morgan fingerprint density at radius 3 is 2.43 bits per heavy atom. The summed E-state index contributed by atoms with van der Waals surface area (Å²) in [6.45, 7) is 0. The van der Waals surface area contributed by atoms with Crippen molar-refractivity contribution in [1.82, 2.24) is 4.57 Å². The number of rotatable bonds is 2. The number of ketones is 1. The lowest BCUT2D eigenvalue weighted by atomic mass is 9.93. The Morgan fingerprint density at radius 2 is 1.86 bits per heavy atom. The first-order chi connectivity index (χ1) is 12.8. The number of carbonyl (C=O) groups excluding carboxylic acids is 1. The Balaban J connectivity index is 2.36. The fourth-order valence-corrected chi connectivity index (χ4v) is 3.86. The van der Waals surface area contributed by atoms with Crippen LogP contribution in [-0.2, 0) is 16.3 Å². The van der Waals surface area contributed by atoms with Gasteiger partial charge in [-0.1, -0.05) is 0 Å². The Hall–Kier alpha value is -2.81. The molecule has 3 rings (SSSR count). The predicted molar refractivity (Wildman–Crippen MR) is 81.3 cm³/mol. The topological polar surface area (TPSA) is 79.9 Å². The SMILES string of the molecule is N#Cc1cc(-n2cc(S(=O)(=O)C(F)(F)F)c3c2CCC(F)(F)C3=O)ccc1F. The van der Waals surface area contributed by atoms with E-state index in [0.29, 0.717) is 6.20 Å². The molecule has 0 saturated carbocycles. The lowest BCUT2D eigenvalue weighted by molar-refractivity contribution is -0.0436. The molecule has 0 amide bonds. The first-order valence-electron chi connectivity index (χ1n) is 7.49. The maximum atomic E-state index is 13.8. The molecule has 1 heterocycles. The van der Waals surface area contributed by atoms with E-state index in [2.05, 4.69) is 0 Å². The highest BCUT2D eigenvalue weighted by molar-refractivity contribution is 7.92. The van der Waals surface area contributed by atoms with Crippen molar-refractivity contribution in [3.8, 4) is 11.8 Å². The number of Topliss-reactive ketones (excluding diaryl/α,β-unsaturated/α-hetero) is 1. The van der Waals surface area contributed by atoms with Crippen molar-refractivity contribution in [3.63, 3.8) is 0 Å². The van der Waals surface area contributed by atoms with Crippen LogP contribution in [0.4, 0.5) is 26.3 Å². The first kappa shape index (κ1) is 19.9. The maximum absolute atomic E-state index is 13.8. The van der Waals surface area contributed by atoms with Crippen LogP contribution >= 0.6 is 0 Å². The van der Waals surface area contributed by atoms with Gasteiger partial charge in [0.2, 0.25) is 5.78 Å². The monoisotopic (exact) mass is 422 g/mol. The Morgan fingerprint density at radius 1 is 1.21 bits per heavy atom. The lowest BCUT2D eigenvalue weighted by Gasteiger charge is -2.23.